The molecule has 33 heavy (non-hydrogen) atoms. The Morgan fingerprint density at radius 2 is 1.39 bits per heavy atom. The predicted molar refractivity (Wildman–Crippen MR) is 132 cm³/mol. The molecule has 0 aromatic heterocycles. The molecule has 4 nitrogen and oxygen atoms in total. The van der Waals surface area contributed by atoms with Gasteiger partial charge in [0.05, 0.1) is 10.8 Å². The van der Waals surface area contributed by atoms with Crippen LogP contribution in [0.2, 0.25) is 0 Å². The number of benzene rings is 3. The molecule has 0 aliphatic heterocycles. The summed E-state index contributed by atoms with van der Waals surface area (Å²) in [6.07, 6.45) is 5.07. The third-order valence-corrected chi connectivity index (χ3v) is 8.11. The van der Waals surface area contributed by atoms with Crippen molar-refractivity contribution in [3.8, 4) is 0 Å². The Kier molecular flexibility index (Phi) is 7.41. The standard InChI is InChI=1S/C28H31NO3S/c1-21-17-19-25(20-18-21)33(31,32)29-27(23-13-7-3-8-14-23)26(22-11-5-2-6-12-22)28(30)24-15-9-4-10-16-24/h2,4-6,9-12,15-20,23,26-27,29H,3,7-8,13-14H2,1H3/t26-,27+/m0/s1. The number of hydrogen-bond acceptors (Lipinski definition) is 3. The van der Waals surface area contributed by atoms with Crippen molar-refractivity contribution >= 4 is 15.8 Å². The molecule has 172 valence electrons. The van der Waals surface area contributed by atoms with Gasteiger partial charge in [-0.2, -0.15) is 0 Å². The summed E-state index contributed by atoms with van der Waals surface area (Å²) in [4.78, 5) is 14.1. The predicted octanol–water partition coefficient (Wildman–Crippen LogP) is 5.89. The first-order valence-electron chi connectivity index (χ1n) is 11.7. The van der Waals surface area contributed by atoms with Crippen LogP contribution in [-0.4, -0.2) is 20.2 Å². The van der Waals surface area contributed by atoms with Gasteiger partial charge in [-0.3, -0.25) is 4.79 Å². The van der Waals surface area contributed by atoms with E-state index in [2.05, 4.69) is 4.72 Å². The summed E-state index contributed by atoms with van der Waals surface area (Å²) in [7, 11) is -3.80. The number of carbonyl (C=O) groups excluding carboxylic acids is 1. The van der Waals surface area contributed by atoms with Crippen LogP contribution >= 0.6 is 0 Å². The third-order valence-electron chi connectivity index (χ3n) is 6.64. The van der Waals surface area contributed by atoms with Crippen molar-refractivity contribution in [2.45, 2.75) is 55.9 Å². The summed E-state index contributed by atoms with van der Waals surface area (Å²) in [5.41, 5.74) is 2.44. The van der Waals surface area contributed by atoms with Crippen molar-refractivity contribution in [3.63, 3.8) is 0 Å². The lowest BCUT2D eigenvalue weighted by atomic mass is 9.74. The van der Waals surface area contributed by atoms with Gasteiger partial charge in [0.2, 0.25) is 10.0 Å². The Bertz CT molecular complexity index is 1150. The van der Waals surface area contributed by atoms with E-state index in [1.165, 1.54) is 0 Å². The van der Waals surface area contributed by atoms with E-state index in [4.69, 9.17) is 0 Å². The zero-order chi connectivity index (χ0) is 23.3. The highest BCUT2D eigenvalue weighted by Gasteiger charge is 2.39. The minimum Gasteiger partial charge on any atom is -0.293 e. The van der Waals surface area contributed by atoms with Crippen molar-refractivity contribution in [2.24, 2.45) is 5.92 Å². The molecule has 5 heteroatoms. The van der Waals surface area contributed by atoms with E-state index in [9.17, 15) is 13.2 Å². The number of rotatable bonds is 8. The van der Waals surface area contributed by atoms with Crippen molar-refractivity contribution in [2.75, 3.05) is 0 Å². The van der Waals surface area contributed by atoms with Gasteiger partial charge in [-0.15, -0.1) is 0 Å². The molecule has 4 rings (SSSR count). The van der Waals surface area contributed by atoms with Crippen LogP contribution in [0, 0.1) is 12.8 Å². The summed E-state index contributed by atoms with van der Waals surface area (Å²) < 4.78 is 29.9. The summed E-state index contributed by atoms with van der Waals surface area (Å²) in [5, 5.41) is 0. The van der Waals surface area contributed by atoms with Gasteiger partial charge in [0, 0.05) is 11.6 Å². The SMILES string of the molecule is Cc1ccc(S(=O)(=O)N[C@H](C2CCCCC2)[C@@H](C(=O)c2ccccc2)c2ccccc2)cc1. The zero-order valence-electron chi connectivity index (χ0n) is 19.0. The molecule has 0 heterocycles. The first-order chi connectivity index (χ1) is 16.0. The highest BCUT2D eigenvalue weighted by atomic mass is 32.2. The molecule has 0 radical (unpaired) electrons. The molecule has 0 unspecified atom stereocenters. The fourth-order valence-corrected chi connectivity index (χ4v) is 6.18. The van der Waals surface area contributed by atoms with Crippen molar-refractivity contribution in [1.29, 1.82) is 0 Å². The Balaban J connectivity index is 1.78. The molecule has 0 saturated heterocycles. The van der Waals surface area contributed by atoms with Gasteiger partial charge in [-0.05, 0) is 43.4 Å². The van der Waals surface area contributed by atoms with E-state index in [1.807, 2.05) is 67.6 Å². The molecule has 3 aromatic rings. The molecule has 0 spiro atoms. The molecular formula is C28H31NO3S. The van der Waals surface area contributed by atoms with Crippen LogP contribution in [0.5, 0.6) is 0 Å². The van der Waals surface area contributed by atoms with Crippen LogP contribution in [-0.2, 0) is 10.0 Å². The second-order valence-electron chi connectivity index (χ2n) is 8.98. The Hall–Kier alpha value is -2.76. The lowest BCUT2D eigenvalue weighted by Crippen LogP contribution is -2.47. The molecule has 1 fully saturated rings. The highest BCUT2D eigenvalue weighted by Crippen LogP contribution is 2.36. The number of nitrogens with one attached hydrogen (secondary N) is 1. The Morgan fingerprint density at radius 1 is 0.818 bits per heavy atom. The summed E-state index contributed by atoms with van der Waals surface area (Å²) in [6, 6.07) is 25.1. The van der Waals surface area contributed by atoms with E-state index in [-0.39, 0.29) is 16.6 Å². The lowest BCUT2D eigenvalue weighted by molar-refractivity contribution is 0.0921. The number of ketones is 1. The van der Waals surface area contributed by atoms with Gasteiger partial charge in [-0.25, -0.2) is 13.1 Å². The van der Waals surface area contributed by atoms with Crippen LogP contribution in [0.4, 0.5) is 0 Å². The second kappa shape index (κ2) is 10.4. The van der Waals surface area contributed by atoms with Crippen LogP contribution < -0.4 is 4.72 Å². The summed E-state index contributed by atoms with van der Waals surface area (Å²) in [6.45, 7) is 1.93. The van der Waals surface area contributed by atoms with Crippen molar-refractivity contribution in [1.82, 2.24) is 4.72 Å². The maximum atomic E-state index is 13.9. The largest absolute Gasteiger partial charge is 0.293 e. The molecular weight excluding hydrogens is 430 g/mol. The van der Waals surface area contributed by atoms with Gasteiger partial charge >= 0.3 is 0 Å². The Morgan fingerprint density at radius 3 is 2.00 bits per heavy atom. The number of sulfonamides is 1. The topological polar surface area (TPSA) is 63.2 Å². The van der Waals surface area contributed by atoms with E-state index in [0.717, 1.165) is 43.2 Å². The molecule has 1 aliphatic rings. The van der Waals surface area contributed by atoms with Crippen molar-refractivity contribution in [3.05, 3.63) is 102 Å². The summed E-state index contributed by atoms with van der Waals surface area (Å²) in [5.74, 6) is -0.558. The number of carbonyl (C=O) groups is 1. The van der Waals surface area contributed by atoms with E-state index in [1.54, 1.807) is 24.3 Å². The maximum absolute atomic E-state index is 13.9. The normalized spacial score (nSPS) is 16.8. The lowest BCUT2D eigenvalue weighted by Gasteiger charge is -2.36. The average Bonchev–Trinajstić information content (AvgIpc) is 2.85. The van der Waals surface area contributed by atoms with Gasteiger partial charge in [0.15, 0.2) is 5.78 Å². The smallest absolute Gasteiger partial charge is 0.240 e. The van der Waals surface area contributed by atoms with Gasteiger partial charge < -0.3 is 0 Å². The molecule has 0 bridgehead atoms. The maximum Gasteiger partial charge on any atom is 0.240 e. The molecule has 0 amide bonds. The van der Waals surface area contributed by atoms with Crippen LogP contribution in [0.15, 0.2) is 89.8 Å². The molecule has 1 saturated carbocycles. The van der Waals surface area contributed by atoms with Crippen molar-refractivity contribution < 1.29 is 13.2 Å². The number of Topliss-reactive ketones (excluding diaryl/α,β-unsaturated/α-hetero) is 1. The monoisotopic (exact) mass is 461 g/mol. The molecule has 2 atom stereocenters. The first-order valence-corrected chi connectivity index (χ1v) is 13.2. The zero-order valence-corrected chi connectivity index (χ0v) is 19.8. The number of hydrogen-bond donors (Lipinski definition) is 1. The first kappa shape index (κ1) is 23.4. The third kappa shape index (κ3) is 5.60. The van der Waals surface area contributed by atoms with Crippen LogP contribution in [0.25, 0.3) is 0 Å². The average molecular weight is 462 g/mol. The second-order valence-corrected chi connectivity index (χ2v) is 10.7. The molecule has 1 N–H and O–H groups in total. The molecule has 3 aromatic carbocycles. The van der Waals surface area contributed by atoms with E-state index in [0.29, 0.717) is 5.56 Å². The van der Waals surface area contributed by atoms with Gasteiger partial charge in [0.25, 0.3) is 0 Å². The fraction of sp³-hybridized carbons (Fsp3) is 0.321. The quantitative estimate of drug-likeness (QED) is 0.426. The van der Waals surface area contributed by atoms with Gasteiger partial charge in [-0.1, -0.05) is 97.6 Å². The number of aryl methyl sites for hydroxylation is 1. The fourth-order valence-electron chi connectivity index (χ4n) is 4.86. The van der Waals surface area contributed by atoms with Crippen LogP contribution in [0.3, 0.4) is 0 Å². The minimum absolute atomic E-state index is 0.0519. The highest BCUT2D eigenvalue weighted by molar-refractivity contribution is 7.89. The minimum atomic E-state index is -3.80. The Labute approximate surface area is 197 Å². The molecule has 1 aliphatic carbocycles. The van der Waals surface area contributed by atoms with E-state index >= 15 is 0 Å². The van der Waals surface area contributed by atoms with Gasteiger partial charge in [0.1, 0.15) is 0 Å². The summed E-state index contributed by atoms with van der Waals surface area (Å²) >= 11 is 0. The van der Waals surface area contributed by atoms with E-state index < -0.39 is 22.0 Å². The van der Waals surface area contributed by atoms with Crippen LogP contribution in [0.1, 0.15) is 59.5 Å².